The van der Waals surface area contributed by atoms with Gasteiger partial charge in [-0.3, -0.25) is 15.0 Å². The van der Waals surface area contributed by atoms with Crippen molar-refractivity contribution in [1.29, 1.82) is 0 Å². The van der Waals surface area contributed by atoms with Gasteiger partial charge in [0.1, 0.15) is 0 Å². The van der Waals surface area contributed by atoms with Gasteiger partial charge in [0, 0.05) is 18.5 Å². The fourth-order valence-corrected chi connectivity index (χ4v) is 1.75. The minimum Gasteiger partial charge on any atom is -0.436 e. The third-order valence-electron chi connectivity index (χ3n) is 2.97. The van der Waals surface area contributed by atoms with E-state index >= 15 is 0 Å². The minimum atomic E-state index is -0.851. The minimum absolute atomic E-state index is 0.110. The molecule has 0 radical (unpaired) electrons. The van der Waals surface area contributed by atoms with Crippen molar-refractivity contribution in [3.63, 3.8) is 0 Å². The zero-order valence-electron chi connectivity index (χ0n) is 13.4. The van der Waals surface area contributed by atoms with E-state index in [2.05, 4.69) is 16.2 Å². The Bertz CT molecular complexity index is 416. The van der Waals surface area contributed by atoms with Gasteiger partial charge >= 0.3 is 6.09 Å². The monoisotopic (exact) mass is 314 g/mol. The van der Waals surface area contributed by atoms with Crippen LogP contribution in [0.3, 0.4) is 0 Å². The van der Waals surface area contributed by atoms with Crippen molar-refractivity contribution >= 4 is 17.9 Å². The van der Waals surface area contributed by atoms with Crippen LogP contribution in [0, 0.1) is 5.92 Å². The average molecular weight is 314 g/mol. The van der Waals surface area contributed by atoms with Crippen molar-refractivity contribution in [2.45, 2.75) is 58.1 Å². The molecule has 0 spiro atoms. The zero-order valence-corrected chi connectivity index (χ0v) is 13.4. The second-order valence-electron chi connectivity index (χ2n) is 6.58. The summed E-state index contributed by atoms with van der Waals surface area (Å²) in [5.41, 5.74) is 9.60. The number of ether oxygens (including phenoxy) is 1. The third-order valence-corrected chi connectivity index (χ3v) is 2.97. The summed E-state index contributed by atoms with van der Waals surface area (Å²) in [7, 11) is 0. The first kappa shape index (κ1) is 18.2. The van der Waals surface area contributed by atoms with E-state index in [1.165, 1.54) is 0 Å². The van der Waals surface area contributed by atoms with Crippen molar-refractivity contribution < 1.29 is 19.1 Å². The summed E-state index contributed by atoms with van der Waals surface area (Å²) < 4.78 is 5.22. The predicted octanol–water partition coefficient (Wildman–Crippen LogP) is 0.176. The van der Waals surface area contributed by atoms with E-state index in [-0.39, 0.29) is 13.0 Å². The first-order chi connectivity index (χ1) is 10.2. The first-order valence-electron chi connectivity index (χ1n) is 7.47. The van der Waals surface area contributed by atoms with E-state index in [0.717, 1.165) is 12.8 Å². The molecule has 8 nitrogen and oxygen atoms in total. The van der Waals surface area contributed by atoms with Crippen molar-refractivity contribution in [1.82, 2.24) is 16.2 Å². The molecule has 126 valence electrons. The van der Waals surface area contributed by atoms with Crippen LogP contribution < -0.4 is 21.9 Å². The van der Waals surface area contributed by atoms with Gasteiger partial charge in [-0.1, -0.05) is 12.8 Å². The van der Waals surface area contributed by atoms with Gasteiger partial charge in [-0.25, -0.2) is 10.2 Å². The molecular formula is C14H26N4O4. The molecule has 1 aliphatic carbocycles. The highest BCUT2D eigenvalue weighted by Crippen LogP contribution is 2.34. The lowest BCUT2D eigenvalue weighted by Gasteiger charge is -2.23. The van der Waals surface area contributed by atoms with Gasteiger partial charge in [-0.2, -0.15) is 0 Å². The smallest absolute Gasteiger partial charge is 0.408 e. The largest absolute Gasteiger partial charge is 0.436 e. The summed E-state index contributed by atoms with van der Waals surface area (Å²) in [5.74, 6) is -0.471. The van der Waals surface area contributed by atoms with Gasteiger partial charge in [0.2, 0.25) is 5.91 Å². The molecule has 0 aromatic heterocycles. The van der Waals surface area contributed by atoms with E-state index in [1.54, 1.807) is 0 Å². The van der Waals surface area contributed by atoms with Crippen LogP contribution in [-0.4, -0.2) is 36.1 Å². The topological polar surface area (TPSA) is 123 Å². The van der Waals surface area contributed by atoms with Crippen LogP contribution in [0.1, 0.15) is 46.5 Å². The standard InChI is InChI=1S/C14H26N4O4/c1-14(2,3)17-13(21)22-10(8-9-4-5-9)12(20)18-16-7-6-11(15)19/h9-10,16H,4-8H2,1-3H3,(H2,15,19)(H,17,21)(H,18,20)/t10-/m0/s1. The summed E-state index contributed by atoms with van der Waals surface area (Å²) in [6, 6.07) is 0. The Morgan fingerprint density at radius 2 is 1.91 bits per heavy atom. The molecule has 1 atom stereocenters. The molecule has 3 amide bonds. The maximum Gasteiger partial charge on any atom is 0.408 e. The van der Waals surface area contributed by atoms with Gasteiger partial charge in [-0.05, 0) is 33.1 Å². The van der Waals surface area contributed by atoms with Crippen molar-refractivity contribution in [3.05, 3.63) is 0 Å². The van der Waals surface area contributed by atoms with Gasteiger partial charge in [0.05, 0.1) is 0 Å². The Kier molecular flexibility index (Phi) is 6.61. The van der Waals surface area contributed by atoms with Crippen LogP contribution in [0.4, 0.5) is 4.79 Å². The number of hydrogen-bond acceptors (Lipinski definition) is 5. The maximum absolute atomic E-state index is 12.1. The van der Waals surface area contributed by atoms with Crippen molar-refractivity contribution in [2.75, 3.05) is 6.54 Å². The summed E-state index contributed by atoms with van der Waals surface area (Å²) in [4.78, 5) is 34.5. The molecule has 8 heteroatoms. The van der Waals surface area contributed by atoms with Gasteiger partial charge in [0.25, 0.3) is 5.91 Å². The van der Waals surface area contributed by atoms with E-state index in [9.17, 15) is 14.4 Å². The molecule has 0 heterocycles. The van der Waals surface area contributed by atoms with Crippen LogP contribution in [0.25, 0.3) is 0 Å². The lowest BCUT2D eigenvalue weighted by atomic mass is 10.1. The number of amides is 3. The molecule has 0 saturated heterocycles. The number of nitrogens with two attached hydrogens (primary N) is 1. The lowest BCUT2D eigenvalue weighted by molar-refractivity contribution is -0.131. The molecule has 5 N–H and O–H groups in total. The number of alkyl carbamates (subject to hydrolysis) is 1. The van der Waals surface area contributed by atoms with E-state index in [4.69, 9.17) is 10.5 Å². The second kappa shape index (κ2) is 7.98. The molecule has 22 heavy (non-hydrogen) atoms. The summed E-state index contributed by atoms with van der Waals surface area (Å²) in [6.45, 7) is 5.71. The lowest BCUT2D eigenvalue weighted by Crippen LogP contribution is -2.49. The Hall–Kier alpha value is -1.83. The highest BCUT2D eigenvalue weighted by atomic mass is 16.6. The highest BCUT2D eigenvalue weighted by Gasteiger charge is 2.32. The maximum atomic E-state index is 12.1. The highest BCUT2D eigenvalue weighted by molar-refractivity contribution is 5.83. The van der Waals surface area contributed by atoms with Gasteiger partial charge in [0.15, 0.2) is 6.10 Å². The fraction of sp³-hybridized carbons (Fsp3) is 0.786. The Labute approximate surface area is 130 Å². The molecule has 1 fully saturated rings. The molecule has 0 bridgehead atoms. The molecular weight excluding hydrogens is 288 g/mol. The number of carbonyl (C=O) groups is 3. The van der Waals surface area contributed by atoms with Crippen LogP contribution in [-0.2, 0) is 14.3 Å². The van der Waals surface area contributed by atoms with Crippen molar-refractivity contribution in [3.8, 4) is 0 Å². The first-order valence-corrected chi connectivity index (χ1v) is 7.47. The van der Waals surface area contributed by atoms with Crippen LogP contribution in [0.2, 0.25) is 0 Å². The summed E-state index contributed by atoms with van der Waals surface area (Å²) in [6.07, 6.45) is 1.23. The molecule has 0 aromatic carbocycles. The SMILES string of the molecule is CC(C)(C)NC(=O)O[C@@H](CC1CC1)C(=O)NNCCC(N)=O. The number of rotatable bonds is 8. The molecule has 1 aliphatic rings. The number of hydrazine groups is 1. The van der Waals surface area contributed by atoms with Crippen LogP contribution in [0.15, 0.2) is 0 Å². The van der Waals surface area contributed by atoms with E-state index in [0.29, 0.717) is 12.3 Å². The van der Waals surface area contributed by atoms with E-state index < -0.39 is 29.6 Å². The quantitative estimate of drug-likeness (QED) is 0.376. The molecule has 1 rings (SSSR count). The van der Waals surface area contributed by atoms with Crippen LogP contribution in [0.5, 0.6) is 0 Å². The Morgan fingerprint density at radius 1 is 1.27 bits per heavy atom. The number of hydrogen-bond donors (Lipinski definition) is 4. The third kappa shape index (κ3) is 8.46. The normalized spacial score (nSPS) is 15.8. The van der Waals surface area contributed by atoms with Crippen LogP contribution >= 0.6 is 0 Å². The number of carbonyl (C=O) groups excluding carboxylic acids is 3. The molecule has 1 saturated carbocycles. The molecule has 0 aromatic rings. The zero-order chi connectivity index (χ0) is 16.8. The van der Waals surface area contributed by atoms with Gasteiger partial charge in [-0.15, -0.1) is 0 Å². The second-order valence-corrected chi connectivity index (χ2v) is 6.58. The van der Waals surface area contributed by atoms with Gasteiger partial charge < -0.3 is 15.8 Å². The number of nitrogens with one attached hydrogen (secondary N) is 3. The summed E-state index contributed by atoms with van der Waals surface area (Å²) >= 11 is 0. The van der Waals surface area contributed by atoms with E-state index in [1.807, 2.05) is 20.8 Å². The fourth-order valence-electron chi connectivity index (χ4n) is 1.75. The van der Waals surface area contributed by atoms with Crippen molar-refractivity contribution in [2.24, 2.45) is 11.7 Å². The molecule has 0 aliphatic heterocycles. The Morgan fingerprint density at radius 3 is 2.41 bits per heavy atom. The molecule has 0 unspecified atom stereocenters. The number of primary amides is 1. The average Bonchev–Trinajstić information content (AvgIpc) is 3.14. The Balaban J connectivity index is 2.43. The summed E-state index contributed by atoms with van der Waals surface area (Å²) in [5, 5.41) is 2.66. The predicted molar refractivity (Wildman–Crippen MR) is 80.5 cm³/mol.